The first-order valence-corrected chi connectivity index (χ1v) is 12.5. The first kappa shape index (κ1) is 28.0. The van der Waals surface area contributed by atoms with Gasteiger partial charge in [0.15, 0.2) is 0 Å². The second-order valence-corrected chi connectivity index (χ2v) is 9.36. The van der Waals surface area contributed by atoms with Gasteiger partial charge >= 0.3 is 12.1 Å². The molecule has 0 atom stereocenters. The first-order valence-electron chi connectivity index (χ1n) is 12.5. The normalized spacial score (nSPS) is 14.3. The quantitative estimate of drug-likeness (QED) is 0.237. The van der Waals surface area contributed by atoms with Crippen molar-refractivity contribution in [1.82, 2.24) is 4.90 Å². The number of ether oxygens (including phenoxy) is 2. The number of nitrogens with zero attached hydrogens (tertiary/aromatic N) is 2. The highest BCUT2D eigenvalue weighted by atomic mass is 19.4. The number of alkyl halides is 3. The van der Waals surface area contributed by atoms with Gasteiger partial charge in [-0.3, -0.25) is 9.69 Å². The van der Waals surface area contributed by atoms with Crippen LogP contribution in [0.1, 0.15) is 21.7 Å². The lowest BCUT2D eigenvalue weighted by Gasteiger charge is -2.36. The lowest BCUT2D eigenvalue weighted by Crippen LogP contribution is -2.46. The summed E-state index contributed by atoms with van der Waals surface area (Å²) in [4.78, 5) is 28.7. The molecular weight excluding hydrogens is 548 g/mol. The van der Waals surface area contributed by atoms with E-state index in [0.29, 0.717) is 31.9 Å². The maximum Gasteiger partial charge on any atom is 0.453 e. The molecule has 3 aromatic carbocycles. The van der Waals surface area contributed by atoms with Crippen LogP contribution in [-0.2, 0) is 17.5 Å². The van der Waals surface area contributed by atoms with Gasteiger partial charge in [0.05, 0.1) is 29.3 Å². The van der Waals surface area contributed by atoms with E-state index in [0.717, 1.165) is 0 Å². The number of aromatic hydroxyl groups is 1. The molecule has 0 unspecified atom stereocenters. The number of para-hydroxylation sites is 1. The van der Waals surface area contributed by atoms with Crippen LogP contribution < -0.4 is 15.1 Å². The number of benzene rings is 3. The molecule has 8 nitrogen and oxygen atoms in total. The molecule has 1 saturated heterocycles. The zero-order valence-electron chi connectivity index (χ0n) is 21.7. The van der Waals surface area contributed by atoms with Crippen LogP contribution in [0.2, 0.25) is 0 Å². The van der Waals surface area contributed by atoms with Gasteiger partial charge in [-0.25, -0.2) is 9.18 Å². The average molecular weight is 573 g/mol. The number of anilines is 1. The van der Waals surface area contributed by atoms with Crippen molar-refractivity contribution in [2.75, 3.05) is 38.2 Å². The summed E-state index contributed by atoms with van der Waals surface area (Å²) in [6.07, 6.45) is -5.11. The van der Waals surface area contributed by atoms with Crippen molar-refractivity contribution in [3.05, 3.63) is 93.6 Å². The standard InChI is InChI=1S/C29H24F4N2O6/c1-39-28(38)17-6-8-18(9-7-17)40-26-24(37)19-10-11-23(36)20(25(19)41-27(26)29(31,32)33)16-34-12-14-35(15-13-34)22-5-3-2-4-21(22)30/h2-11,36H,12-16H2,1H3. The Balaban J connectivity index is 1.46. The van der Waals surface area contributed by atoms with Gasteiger partial charge in [0, 0.05) is 32.7 Å². The number of esters is 1. The fourth-order valence-corrected chi connectivity index (χ4v) is 4.69. The minimum absolute atomic E-state index is 0.0102. The lowest BCUT2D eigenvalue weighted by atomic mass is 10.1. The Labute approximate surface area is 230 Å². The number of phenolic OH excluding ortho intramolecular Hbond substituents is 1. The lowest BCUT2D eigenvalue weighted by molar-refractivity contribution is -0.154. The van der Waals surface area contributed by atoms with Gasteiger partial charge in [-0.05, 0) is 48.5 Å². The second-order valence-electron chi connectivity index (χ2n) is 9.36. The van der Waals surface area contributed by atoms with Crippen molar-refractivity contribution in [1.29, 1.82) is 0 Å². The highest BCUT2D eigenvalue weighted by Gasteiger charge is 2.41. The van der Waals surface area contributed by atoms with Crippen molar-refractivity contribution >= 4 is 22.6 Å². The fourth-order valence-electron chi connectivity index (χ4n) is 4.69. The minimum atomic E-state index is -5.11. The molecule has 0 aliphatic carbocycles. The zero-order valence-corrected chi connectivity index (χ0v) is 21.7. The van der Waals surface area contributed by atoms with E-state index in [4.69, 9.17) is 9.15 Å². The number of piperazine rings is 1. The molecule has 4 aromatic rings. The maximum absolute atomic E-state index is 14.2. The van der Waals surface area contributed by atoms with E-state index in [9.17, 15) is 32.3 Å². The summed E-state index contributed by atoms with van der Waals surface area (Å²) in [5.74, 6) is -4.22. The summed E-state index contributed by atoms with van der Waals surface area (Å²) < 4.78 is 71.8. The number of phenols is 1. The molecule has 0 amide bonds. The van der Waals surface area contributed by atoms with Crippen LogP contribution in [0.5, 0.6) is 17.2 Å². The van der Waals surface area contributed by atoms with Gasteiger partial charge in [0.25, 0.3) is 5.76 Å². The van der Waals surface area contributed by atoms with Crippen LogP contribution >= 0.6 is 0 Å². The topological polar surface area (TPSA) is 92.5 Å². The van der Waals surface area contributed by atoms with Crippen molar-refractivity contribution in [3.8, 4) is 17.2 Å². The van der Waals surface area contributed by atoms with E-state index in [1.54, 1.807) is 18.2 Å². The third kappa shape index (κ3) is 5.68. The van der Waals surface area contributed by atoms with Crippen LogP contribution in [0.3, 0.4) is 0 Å². The molecule has 1 aliphatic heterocycles. The number of carbonyl (C=O) groups is 1. The number of rotatable bonds is 6. The Morgan fingerprint density at radius 1 is 1.00 bits per heavy atom. The molecule has 1 aliphatic rings. The smallest absolute Gasteiger partial charge is 0.453 e. The molecule has 1 N–H and O–H groups in total. The van der Waals surface area contributed by atoms with Crippen molar-refractivity contribution in [2.24, 2.45) is 0 Å². The van der Waals surface area contributed by atoms with Crippen molar-refractivity contribution in [3.63, 3.8) is 0 Å². The SMILES string of the molecule is COC(=O)c1ccc(Oc2c(C(F)(F)F)oc3c(CN4CCN(c5ccccc5F)CC4)c(O)ccc3c2=O)cc1. The predicted octanol–water partition coefficient (Wildman–Crippen LogP) is 5.56. The Kier molecular flexibility index (Phi) is 7.59. The maximum atomic E-state index is 14.2. The molecule has 0 saturated carbocycles. The number of halogens is 4. The number of carbonyl (C=O) groups excluding carboxylic acids is 1. The summed E-state index contributed by atoms with van der Waals surface area (Å²) in [5, 5.41) is 10.4. The molecule has 0 radical (unpaired) electrons. The highest BCUT2D eigenvalue weighted by Crippen LogP contribution is 2.40. The van der Waals surface area contributed by atoms with E-state index in [2.05, 4.69) is 4.74 Å². The van der Waals surface area contributed by atoms with Crippen LogP contribution in [0.4, 0.5) is 23.2 Å². The molecule has 1 fully saturated rings. The molecular formula is C29H24F4N2O6. The van der Waals surface area contributed by atoms with Crippen molar-refractivity contribution < 1.29 is 41.4 Å². The van der Waals surface area contributed by atoms with E-state index >= 15 is 0 Å². The first-order chi connectivity index (χ1) is 19.6. The molecule has 0 spiro atoms. The Bertz CT molecular complexity index is 1640. The third-order valence-electron chi connectivity index (χ3n) is 6.80. The van der Waals surface area contributed by atoms with Crippen LogP contribution in [0.25, 0.3) is 11.0 Å². The third-order valence-corrected chi connectivity index (χ3v) is 6.80. The second kappa shape index (κ2) is 11.1. The predicted molar refractivity (Wildman–Crippen MR) is 141 cm³/mol. The van der Waals surface area contributed by atoms with E-state index in [-0.39, 0.29) is 40.4 Å². The molecule has 0 bridgehead atoms. The molecule has 12 heteroatoms. The number of fused-ring (bicyclic) bond motifs is 1. The van der Waals surface area contributed by atoms with Gasteiger partial charge in [0.1, 0.15) is 22.9 Å². The van der Waals surface area contributed by atoms with Gasteiger partial charge in [-0.15, -0.1) is 0 Å². The van der Waals surface area contributed by atoms with Crippen molar-refractivity contribution in [2.45, 2.75) is 12.7 Å². The van der Waals surface area contributed by atoms with Gasteiger partial charge in [0.2, 0.25) is 11.2 Å². The number of hydrogen-bond donors (Lipinski definition) is 1. The molecule has 2 heterocycles. The van der Waals surface area contributed by atoms with Crippen LogP contribution in [0.15, 0.2) is 69.9 Å². The van der Waals surface area contributed by atoms with Crippen LogP contribution in [0, 0.1) is 5.82 Å². The van der Waals surface area contributed by atoms with Gasteiger partial charge < -0.3 is 23.9 Å². The summed E-state index contributed by atoms with van der Waals surface area (Å²) in [5.41, 5.74) is -0.892. The summed E-state index contributed by atoms with van der Waals surface area (Å²) in [6, 6.07) is 13.7. The average Bonchev–Trinajstić information content (AvgIpc) is 2.96. The van der Waals surface area contributed by atoms with Gasteiger partial charge in [-0.1, -0.05) is 12.1 Å². The highest BCUT2D eigenvalue weighted by molar-refractivity contribution is 5.89. The monoisotopic (exact) mass is 572 g/mol. The zero-order chi connectivity index (χ0) is 29.3. The van der Waals surface area contributed by atoms with E-state index in [1.165, 1.54) is 49.6 Å². The van der Waals surface area contributed by atoms with E-state index in [1.807, 2.05) is 9.80 Å². The fraction of sp³-hybridized carbons (Fsp3) is 0.241. The molecule has 1 aromatic heterocycles. The minimum Gasteiger partial charge on any atom is -0.507 e. The Morgan fingerprint density at radius 3 is 2.32 bits per heavy atom. The van der Waals surface area contributed by atoms with Crippen LogP contribution in [-0.4, -0.2) is 49.3 Å². The van der Waals surface area contributed by atoms with E-state index < -0.39 is 34.7 Å². The number of hydrogen-bond acceptors (Lipinski definition) is 8. The summed E-state index contributed by atoms with van der Waals surface area (Å²) in [7, 11) is 1.18. The molecule has 5 rings (SSSR count). The molecule has 214 valence electrons. The largest absolute Gasteiger partial charge is 0.507 e. The Morgan fingerprint density at radius 2 is 1.68 bits per heavy atom. The Hall–Kier alpha value is -4.58. The molecule has 41 heavy (non-hydrogen) atoms. The summed E-state index contributed by atoms with van der Waals surface area (Å²) in [6.45, 7) is 1.71. The van der Waals surface area contributed by atoms with Gasteiger partial charge in [-0.2, -0.15) is 13.2 Å². The summed E-state index contributed by atoms with van der Waals surface area (Å²) >= 11 is 0. The number of methoxy groups -OCH3 is 1.